The lowest BCUT2D eigenvalue weighted by atomic mass is 10.2. The van der Waals surface area contributed by atoms with E-state index in [0.29, 0.717) is 0 Å². The maximum Gasteiger partial charge on any atom is 0.0483 e. The van der Waals surface area contributed by atoms with Crippen LogP contribution in [0, 0.1) is 6.92 Å². The van der Waals surface area contributed by atoms with Gasteiger partial charge < -0.3 is 4.57 Å². The summed E-state index contributed by atoms with van der Waals surface area (Å²) in [5.41, 5.74) is 3.81. The second kappa shape index (κ2) is 3.66. The van der Waals surface area contributed by atoms with Crippen molar-refractivity contribution in [2.45, 2.75) is 20.4 Å². The summed E-state index contributed by atoms with van der Waals surface area (Å²) >= 11 is 0. The van der Waals surface area contributed by atoms with E-state index in [4.69, 9.17) is 0 Å². The van der Waals surface area contributed by atoms with Crippen molar-refractivity contribution in [3.05, 3.63) is 42.4 Å². The molecule has 0 saturated heterocycles. The fourth-order valence-electron chi connectivity index (χ4n) is 1.76. The summed E-state index contributed by atoms with van der Waals surface area (Å²) in [4.78, 5) is 4.02. The maximum absolute atomic E-state index is 4.02. The molecule has 2 nitrogen and oxygen atoms in total. The molecule has 0 radical (unpaired) electrons. The molecular weight excluding hydrogens is 172 g/mol. The fourth-order valence-corrected chi connectivity index (χ4v) is 1.76. The summed E-state index contributed by atoms with van der Waals surface area (Å²) in [6, 6.07) is 8.40. The van der Waals surface area contributed by atoms with Crippen LogP contribution in [0.2, 0.25) is 0 Å². The van der Waals surface area contributed by atoms with Crippen LogP contribution in [-0.2, 0) is 6.54 Å². The van der Waals surface area contributed by atoms with Gasteiger partial charge in [0, 0.05) is 35.9 Å². The highest BCUT2D eigenvalue weighted by molar-refractivity contribution is 5.60. The first-order valence-electron chi connectivity index (χ1n) is 4.89. The summed E-state index contributed by atoms with van der Waals surface area (Å²) in [7, 11) is 0. The summed E-state index contributed by atoms with van der Waals surface area (Å²) in [6.07, 6.45) is 3.66. The number of rotatable bonds is 2. The van der Waals surface area contributed by atoms with Crippen molar-refractivity contribution < 1.29 is 0 Å². The second-order valence-electron chi connectivity index (χ2n) is 3.34. The Bertz CT molecular complexity index is 415. The maximum atomic E-state index is 4.02. The van der Waals surface area contributed by atoms with Gasteiger partial charge in [-0.05, 0) is 38.1 Å². The highest BCUT2D eigenvalue weighted by Gasteiger charge is 2.04. The van der Waals surface area contributed by atoms with Crippen molar-refractivity contribution in [1.29, 1.82) is 0 Å². The molecule has 0 aliphatic rings. The first kappa shape index (κ1) is 9.00. The van der Waals surface area contributed by atoms with Gasteiger partial charge >= 0.3 is 0 Å². The molecule has 0 atom stereocenters. The molecule has 0 amide bonds. The van der Waals surface area contributed by atoms with Crippen molar-refractivity contribution in [3.63, 3.8) is 0 Å². The van der Waals surface area contributed by atoms with E-state index in [1.807, 2.05) is 24.5 Å². The van der Waals surface area contributed by atoms with Crippen LogP contribution in [0.15, 0.2) is 36.7 Å². The van der Waals surface area contributed by atoms with E-state index in [0.717, 1.165) is 6.54 Å². The predicted octanol–water partition coefficient (Wildman–Crippen LogP) is 2.88. The lowest BCUT2D eigenvalue weighted by Crippen LogP contribution is -1.98. The molecule has 0 saturated carbocycles. The molecule has 2 aromatic heterocycles. The zero-order chi connectivity index (χ0) is 9.97. The van der Waals surface area contributed by atoms with Gasteiger partial charge in [-0.2, -0.15) is 0 Å². The minimum absolute atomic E-state index is 1.01. The smallest absolute Gasteiger partial charge is 0.0483 e. The van der Waals surface area contributed by atoms with Gasteiger partial charge in [-0.1, -0.05) is 0 Å². The van der Waals surface area contributed by atoms with Crippen molar-refractivity contribution >= 4 is 0 Å². The molecule has 2 heteroatoms. The van der Waals surface area contributed by atoms with Crippen LogP contribution in [-0.4, -0.2) is 9.55 Å². The van der Waals surface area contributed by atoms with Crippen molar-refractivity contribution in [3.8, 4) is 11.3 Å². The Balaban J connectivity index is 2.52. The van der Waals surface area contributed by atoms with Crippen LogP contribution >= 0.6 is 0 Å². The van der Waals surface area contributed by atoms with E-state index in [1.54, 1.807) is 0 Å². The number of pyridine rings is 1. The average Bonchev–Trinajstić information content (AvgIpc) is 2.61. The summed E-state index contributed by atoms with van der Waals surface area (Å²) in [6.45, 7) is 5.31. The Morgan fingerprint density at radius 2 is 1.86 bits per heavy atom. The van der Waals surface area contributed by atoms with Crippen LogP contribution in [0.25, 0.3) is 11.3 Å². The molecule has 2 rings (SSSR count). The Labute approximate surface area is 84.2 Å². The summed E-state index contributed by atoms with van der Waals surface area (Å²) in [5.74, 6) is 0. The van der Waals surface area contributed by atoms with E-state index in [2.05, 4.69) is 35.5 Å². The highest BCUT2D eigenvalue weighted by atomic mass is 15.0. The third kappa shape index (κ3) is 1.43. The van der Waals surface area contributed by atoms with Crippen LogP contribution in [0.5, 0.6) is 0 Å². The molecule has 0 aromatic carbocycles. The number of aromatic nitrogens is 2. The van der Waals surface area contributed by atoms with E-state index in [9.17, 15) is 0 Å². The highest BCUT2D eigenvalue weighted by Crippen LogP contribution is 2.21. The van der Waals surface area contributed by atoms with Crippen LogP contribution in [0.1, 0.15) is 12.6 Å². The third-order valence-corrected chi connectivity index (χ3v) is 2.49. The van der Waals surface area contributed by atoms with Crippen LogP contribution in [0.4, 0.5) is 0 Å². The Morgan fingerprint density at radius 1 is 1.14 bits per heavy atom. The minimum atomic E-state index is 1.01. The van der Waals surface area contributed by atoms with Gasteiger partial charge in [-0.3, -0.25) is 4.98 Å². The number of hydrogen-bond acceptors (Lipinski definition) is 1. The lowest BCUT2D eigenvalue weighted by Gasteiger charge is -2.08. The predicted molar refractivity (Wildman–Crippen MR) is 58.1 cm³/mol. The molecule has 14 heavy (non-hydrogen) atoms. The first-order chi connectivity index (χ1) is 6.83. The molecule has 0 aliphatic carbocycles. The average molecular weight is 186 g/mol. The summed E-state index contributed by atoms with van der Waals surface area (Å²) < 4.78 is 2.30. The molecule has 0 unspecified atom stereocenters. The van der Waals surface area contributed by atoms with Gasteiger partial charge in [0.25, 0.3) is 0 Å². The van der Waals surface area contributed by atoms with Gasteiger partial charge in [0.2, 0.25) is 0 Å². The molecule has 72 valence electrons. The largest absolute Gasteiger partial charge is 0.345 e. The van der Waals surface area contributed by atoms with Gasteiger partial charge in [-0.25, -0.2) is 0 Å². The van der Waals surface area contributed by atoms with E-state index in [-0.39, 0.29) is 0 Å². The van der Waals surface area contributed by atoms with Crippen LogP contribution in [0.3, 0.4) is 0 Å². The zero-order valence-corrected chi connectivity index (χ0v) is 8.57. The second-order valence-corrected chi connectivity index (χ2v) is 3.34. The lowest BCUT2D eigenvalue weighted by molar-refractivity contribution is 0.750. The molecule has 0 spiro atoms. The van der Waals surface area contributed by atoms with Crippen molar-refractivity contribution in [1.82, 2.24) is 9.55 Å². The van der Waals surface area contributed by atoms with Gasteiger partial charge in [0.05, 0.1) is 0 Å². The Morgan fingerprint density at radius 3 is 2.50 bits per heavy atom. The number of aryl methyl sites for hydroxylation is 1. The molecule has 0 bridgehead atoms. The van der Waals surface area contributed by atoms with E-state index in [1.165, 1.54) is 17.0 Å². The zero-order valence-electron chi connectivity index (χ0n) is 8.57. The van der Waals surface area contributed by atoms with Gasteiger partial charge in [0.15, 0.2) is 0 Å². The first-order valence-corrected chi connectivity index (χ1v) is 4.89. The SMILES string of the molecule is CCn1c(C)ccc1-c1ccncc1. The van der Waals surface area contributed by atoms with E-state index < -0.39 is 0 Å². The van der Waals surface area contributed by atoms with Crippen molar-refractivity contribution in [2.24, 2.45) is 0 Å². The molecule has 0 aliphatic heterocycles. The number of nitrogens with zero attached hydrogens (tertiary/aromatic N) is 2. The molecule has 2 heterocycles. The third-order valence-electron chi connectivity index (χ3n) is 2.49. The topological polar surface area (TPSA) is 17.8 Å². The summed E-state index contributed by atoms with van der Waals surface area (Å²) in [5, 5.41) is 0. The Kier molecular flexibility index (Phi) is 2.35. The normalized spacial score (nSPS) is 10.4. The molecule has 2 aromatic rings. The quantitative estimate of drug-likeness (QED) is 0.705. The molecule has 0 fully saturated rings. The molecular formula is C12H14N2. The standard InChI is InChI=1S/C12H14N2/c1-3-14-10(2)4-5-12(14)11-6-8-13-9-7-11/h4-9H,3H2,1-2H3. The van der Waals surface area contributed by atoms with Crippen LogP contribution < -0.4 is 0 Å². The monoisotopic (exact) mass is 186 g/mol. The van der Waals surface area contributed by atoms with Crippen molar-refractivity contribution in [2.75, 3.05) is 0 Å². The fraction of sp³-hybridized carbons (Fsp3) is 0.250. The van der Waals surface area contributed by atoms with Gasteiger partial charge in [0.1, 0.15) is 0 Å². The minimum Gasteiger partial charge on any atom is -0.345 e. The number of hydrogen-bond donors (Lipinski definition) is 0. The van der Waals surface area contributed by atoms with E-state index >= 15 is 0 Å². The molecule has 0 N–H and O–H groups in total. The Hall–Kier alpha value is -1.57. The van der Waals surface area contributed by atoms with Gasteiger partial charge in [-0.15, -0.1) is 0 Å².